The number of likely N-dealkylation sites (tertiary alicyclic amines) is 1. The zero-order chi connectivity index (χ0) is 15.4. The van der Waals surface area contributed by atoms with Crippen molar-refractivity contribution in [2.45, 2.75) is 51.8 Å². The van der Waals surface area contributed by atoms with Gasteiger partial charge in [-0.15, -0.1) is 0 Å². The van der Waals surface area contributed by atoms with Crippen molar-refractivity contribution in [2.24, 2.45) is 11.7 Å². The highest BCUT2D eigenvalue weighted by molar-refractivity contribution is 5.30. The number of ether oxygens (including phenoxy) is 1. The summed E-state index contributed by atoms with van der Waals surface area (Å²) in [5.41, 5.74) is 9.19. The standard InChI is InChI=1S/C18H30N2O/c1-5-16(19)18(15-9-7-6-8-13(15)2)20-11-10-14(3)17(12-20)21-4/h6-9,14,16-18H,5,10-12,19H2,1-4H3. The Labute approximate surface area is 129 Å². The van der Waals surface area contributed by atoms with Gasteiger partial charge in [-0.25, -0.2) is 0 Å². The highest BCUT2D eigenvalue weighted by atomic mass is 16.5. The molecule has 4 unspecified atom stereocenters. The molecule has 0 saturated carbocycles. The van der Waals surface area contributed by atoms with Crippen molar-refractivity contribution in [2.75, 3.05) is 20.2 Å². The molecule has 1 saturated heterocycles. The van der Waals surface area contributed by atoms with E-state index in [1.165, 1.54) is 17.5 Å². The normalized spacial score (nSPS) is 26.5. The Morgan fingerprint density at radius 1 is 1.38 bits per heavy atom. The quantitative estimate of drug-likeness (QED) is 0.905. The van der Waals surface area contributed by atoms with Gasteiger partial charge in [0.2, 0.25) is 0 Å². The SMILES string of the molecule is CCC(N)C(c1ccccc1C)N1CCC(C)C(OC)C1. The van der Waals surface area contributed by atoms with Crippen molar-refractivity contribution >= 4 is 0 Å². The molecule has 3 nitrogen and oxygen atoms in total. The number of methoxy groups -OCH3 is 1. The first-order chi connectivity index (χ1) is 10.1. The van der Waals surface area contributed by atoms with Gasteiger partial charge in [0.25, 0.3) is 0 Å². The van der Waals surface area contributed by atoms with Gasteiger partial charge >= 0.3 is 0 Å². The maximum atomic E-state index is 6.49. The lowest BCUT2D eigenvalue weighted by Gasteiger charge is -2.43. The zero-order valence-corrected chi connectivity index (χ0v) is 13.9. The fraction of sp³-hybridized carbons (Fsp3) is 0.667. The highest BCUT2D eigenvalue weighted by Crippen LogP contribution is 2.32. The minimum absolute atomic E-state index is 0.164. The summed E-state index contributed by atoms with van der Waals surface area (Å²) in [5, 5.41) is 0. The van der Waals surface area contributed by atoms with E-state index >= 15 is 0 Å². The van der Waals surface area contributed by atoms with Gasteiger partial charge in [-0.05, 0) is 43.4 Å². The number of hydrogen-bond acceptors (Lipinski definition) is 3. The number of aryl methyl sites for hydroxylation is 1. The van der Waals surface area contributed by atoms with Crippen LogP contribution in [-0.4, -0.2) is 37.2 Å². The molecule has 0 aromatic heterocycles. The van der Waals surface area contributed by atoms with E-state index < -0.39 is 0 Å². The van der Waals surface area contributed by atoms with E-state index in [0.29, 0.717) is 18.1 Å². The fourth-order valence-electron chi connectivity index (χ4n) is 3.46. The van der Waals surface area contributed by atoms with Crippen LogP contribution in [0.3, 0.4) is 0 Å². The molecule has 1 aromatic rings. The summed E-state index contributed by atoms with van der Waals surface area (Å²) in [6.07, 6.45) is 2.48. The number of nitrogens with two attached hydrogens (primary N) is 1. The number of nitrogens with zero attached hydrogens (tertiary/aromatic N) is 1. The summed E-state index contributed by atoms with van der Waals surface area (Å²) in [6.45, 7) is 8.73. The number of hydrogen-bond donors (Lipinski definition) is 1. The molecule has 0 amide bonds. The van der Waals surface area contributed by atoms with Crippen LogP contribution in [0.15, 0.2) is 24.3 Å². The predicted molar refractivity (Wildman–Crippen MR) is 88.3 cm³/mol. The monoisotopic (exact) mass is 290 g/mol. The molecule has 1 aromatic carbocycles. The largest absolute Gasteiger partial charge is 0.380 e. The van der Waals surface area contributed by atoms with E-state index in [0.717, 1.165) is 19.5 Å². The molecule has 0 bridgehead atoms. The van der Waals surface area contributed by atoms with Gasteiger partial charge < -0.3 is 10.5 Å². The van der Waals surface area contributed by atoms with E-state index in [-0.39, 0.29) is 6.04 Å². The Hall–Kier alpha value is -0.900. The van der Waals surface area contributed by atoms with Gasteiger partial charge in [-0.3, -0.25) is 4.90 Å². The van der Waals surface area contributed by atoms with Crippen LogP contribution < -0.4 is 5.73 Å². The van der Waals surface area contributed by atoms with Crippen LogP contribution in [0, 0.1) is 12.8 Å². The summed E-state index contributed by atoms with van der Waals surface area (Å²) < 4.78 is 5.68. The Kier molecular flexibility index (Phi) is 5.80. The highest BCUT2D eigenvalue weighted by Gasteiger charge is 2.33. The molecule has 2 rings (SSSR count). The molecular formula is C18H30N2O. The molecule has 0 aliphatic carbocycles. The van der Waals surface area contributed by atoms with Crippen molar-refractivity contribution in [3.05, 3.63) is 35.4 Å². The molecule has 3 heteroatoms. The van der Waals surface area contributed by atoms with Gasteiger partial charge in [-0.2, -0.15) is 0 Å². The van der Waals surface area contributed by atoms with Crippen LogP contribution in [0.1, 0.15) is 43.9 Å². The van der Waals surface area contributed by atoms with E-state index in [9.17, 15) is 0 Å². The van der Waals surface area contributed by atoms with Gasteiger partial charge in [0.15, 0.2) is 0 Å². The van der Waals surface area contributed by atoms with Gasteiger partial charge in [0.05, 0.1) is 12.1 Å². The number of benzene rings is 1. The summed E-state index contributed by atoms with van der Waals surface area (Å²) >= 11 is 0. The summed E-state index contributed by atoms with van der Waals surface area (Å²) in [7, 11) is 1.83. The molecule has 4 atom stereocenters. The predicted octanol–water partition coefficient (Wildman–Crippen LogP) is 3.13. The lowest BCUT2D eigenvalue weighted by atomic mass is 9.88. The molecule has 21 heavy (non-hydrogen) atoms. The van der Waals surface area contributed by atoms with Gasteiger partial charge in [0.1, 0.15) is 0 Å². The minimum atomic E-state index is 0.164. The van der Waals surface area contributed by atoms with Crippen LogP contribution in [0.5, 0.6) is 0 Å². The third-order valence-corrected chi connectivity index (χ3v) is 5.00. The first-order valence-electron chi connectivity index (χ1n) is 8.16. The second-order valence-corrected chi connectivity index (χ2v) is 6.41. The van der Waals surface area contributed by atoms with Crippen LogP contribution in [-0.2, 0) is 4.74 Å². The first-order valence-corrected chi connectivity index (χ1v) is 8.16. The lowest BCUT2D eigenvalue weighted by Crippen LogP contribution is -2.50. The Morgan fingerprint density at radius 2 is 2.10 bits per heavy atom. The van der Waals surface area contributed by atoms with Gasteiger partial charge in [0, 0.05) is 19.7 Å². The fourth-order valence-corrected chi connectivity index (χ4v) is 3.46. The molecule has 1 aliphatic rings. The molecule has 118 valence electrons. The van der Waals surface area contributed by atoms with Gasteiger partial charge in [-0.1, -0.05) is 38.1 Å². The number of piperidine rings is 1. The molecule has 0 radical (unpaired) electrons. The van der Waals surface area contributed by atoms with Crippen LogP contribution in [0.2, 0.25) is 0 Å². The summed E-state index contributed by atoms with van der Waals surface area (Å²) in [6, 6.07) is 9.10. The van der Waals surface area contributed by atoms with Crippen molar-refractivity contribution in [3.8, 4) is 0 Å². The molecular weight excluding hydrogens is 260 g/mol. The molecule has 1 heterocycles. The lowest BCUT2D eigenvalue weighted by molar-refractivity contribution is -0.0235. The smallest absolute Gasteiger partial charge is 0.0724 e. The maximum Gasteiger partial charge on any atom is 0.0724 e. The summed E-state index contributed by atoms with van der Waals surface area (Å²) in [5.74, 6) is 0.627. The van der Waals surface area contributed by atoms with Crippen LogP contribution in [0.25, 0.3) is 0 Å². The molecule has 1 fully saturated rings. The van der Waals surface area contributed by atoms with Crippen molar-refractivity contribution in [1.29, 1.82) is 0 Å². The summed E-state index contributed by atoms with van der Waals surface area (Å²) in [4.78, 5) is 2.53. The van der Waals surface area contributed by atoms with Crippen molar-refractivity contribution in [3.63, 3.8) is 0 Å². The second kappa shape index (κ2) is 7.39. The minimum Gasteiger partial charge on any atom is -0.380 e. The molecule has 0 spiro atoms. The van der Waals surface area contributed by atoms with E-state index in [4.69, 9.17) is 10.5 Å². The maximum absolute atomic E-state index is 6.49. The van der Waals surface area contributed by atoms with Crippen LogP contribution >= 0.6 is 0 Å². The molecule has 1 aliphatic heterocycles. The third-order valence-electron chi connectivity index (χ3n) is 5.00. The second-order valence-electron chi connectivity index (χ2n) is 6.41. The average molecular weight is 290 g/mol. The van der Waals surface area contributed by atoms with Crippen molar-refractivity contribution in [1.82, 2.24) is 4.90 Å². The average Bonchev–Trinajstić information content (AvgIpc) is 2.50. The Bertz CT molecular complexity index is 449. The topological polar surface area (TPSA) is 38.5 Å². The van der Waals surface area contributed by atoms with E-state index in [2.05, 4.69) is 49.9 Å². The molecule has 2 N–H and O–H groups in total. The van der Waals surface area contributed by atoms with Crippen LogP contribution in [0.4, 0.5) is 0 Å². The van der Waals surface area contributed by atoms with E-state index in [1.54, 1.807) is 0 Å². The Morgan fingerprint density at radius 3 is 2.71 bits per heavy atom. The zero-order valence-electron chi connectivity index (χ0n) is 13.9. The van der Waals surface area contributed by atoms with Crippen molar-refractivity contribution < 1.29 is 4.74 Å². The Balaban J connectivity index is 2.27. The third kappa shape index (κ3) is 3.65. The first kappa shape index (κ1) is 16.5. The van der Waals surface area contributed by atoms with E-state index in [1.807, 2.05) is 7.11 Å². The number of rotatable bonds is 5.